The Labute approximate surface area is 113 Å². The molecule has 0 bridgehead atoms. The van der Waals surface area contributed by atoms with Crippen LogP contribution in [0.4, 0.5) is 0 Å². The lowest BCUT2D eigenvalue weighted by Gasteiger charge is -2.43. The van der Waals surface area contributed by atoms with Crippen LogP contribution < -0.4 is 5.32 Å². The summed E-state index contributed by atoms with van der Waals surface area (Å²) >= 11 is 0. The average molecular weight is 257 g/mol. The molecule has 1 atom stereocenters. The first-order valence-electron chi connectivity index (χ1n) is 7.11. The summed E-state index contributed by atoms with van der Waals surface area (Å²) in [4.78, 5) is 5.00. The van der Waals surface area contributed by atoms with E-state index in [1.54, 1.807) is 7.11 Å². The molecular weight excluding hydrogens is 226 g/mol. The van der Waals surface area contributed by atoms with Crippen molar-refractivity contribution in [3.63, 3.8) is 0 Å². The van der Waals surface area contributed by atoms with Gasteiger partial charge < -0.3 is 15.0 Å². The largest absolute Gasteiger partial charge is 0.385 e. The first-order valence-corrected chi connectivity index (χ1v) is 7.11. The zero-order chi connectivity index (χ0) is 13.6. The second-order valence-corrected chi connectivity index (χ2v) is 6.17. The van der Waals surface area contributed by atoms with E-state index < -0.39 is 0 Å². The minimum Gasteiger partial charge on any atom is -0.385 e. The molecule has 0 aromatic carbocycles. The van der Waals surface area contributed by atoms with Crippen LogP contribution in [-0.2, 0) is 4.74 Å². The van der Waals surface area contributed by atoms with Gasteiger partial charge >= 0.3 is 0 Å². The van der Waals surface area contributed by atoms with Crippen LogP contribution in [0, 0.1) is 0 Å². The topological polar surface area (TPSA) is 27.7 Å². The van der Waals surface area contributed by atoms with Gasteiger partial charge in [-0.2, -0.15) is 0 Å². The van der Waals surface area contributed by atoms with Gasteiger partial charge in [0.1, 0.15) is 0 Å². The van der Waals surface area contributed by atoms with Crippen molar-refractivity contribution in [1.29, 1.82) is 0 Å². The summed E-state index contributed by atoms with van der Waals surface area (Å²) in [6, 6.07) is 0.525. The molecule has 0 saturated carbocycles. The van der Waals surface area contributed by atoms with Crippen LogP contribution >= 0.6 is 0 Å². The number of nitrogens with one attached hydrogen (secondary N) is 1. The Hall–Kier alpha value is -0.160. The molecule has 0 aromatic heterocycles. The number of ether oxygens (including phenoxy) is 1. The number of rotatable bonds is 7. The van der Waals surface area contributed by atoms with Gasteiger partial charge in [-0.1, -0.05) is 0 Å². The molecule has 1 fully saturated rings. The fourth-order valence-corrected chi connectivity index (χ4v) is 2.34. The van der Waals surface area contributed by atoms with Crippen LogP contribution in [0.2, 0.25) is 0 Å². The maximum absolute atomic E-state index is 5.12. The average Bonchev–Trinajstić information content (AvgIpc) is 2.34. The summed E-state index contributed by atoms with van der Waals surface area (Å²) in [5.41, 5.74) is 0.239. The monoisotopic (exact) mass is 257 g/mol. The molecule has 0 aliphatic carbocycles. The Kier molecular flexibility index (Phi) is 6.57. The molecule has 18 heavy (non-hydrogen) atoms. The molecule has 4 heteroatoms. The minimum absolute atomic E-state index is 0.239. The van der Waals surface area contributed by atoms with Crippen molar-refractivity contribution >= 4 is 0 Å². The van der Waals surface area contributed by atoms with Crippen molar-refractivity contribution in [3.8, 4) is 0 Å². The van der Waals surface area contributed by atoms with Crippen molar-refractivity contribution in [3.05, 3.63) is 0 Å². The molecular formula is C14H31N3O. The Bertz CT molecular complexity index is 225. The predicted octanol–water partition coefficient (Wildman–Crippen LogP) is 1.03. The summed E-state index contributed by atoms with van der Waals surface area (Å²) in [7, 11) is 3.97. The van der Waals surface area contributed by atoms with Gasteiger partial charge in [0.05, 0.1) is 0 Å². The molecule has 1 saturated heterocycles. The van der Waals surface area contributed by atoms with Crippen LogP contribution in [0.3, 0.4) is 0 Å². The highest BCUT2D eigenvalue weighted by Gasteiger charge is 2.28. The molecule has 4 nitrogen and oxygen atoms in total. The van der Waals surface area contributed by atoms with Gasteiger partial charge in [-0.15, -0.1) is 0 Å². The standard InChI is InChI=1S/C14H31N3O/c1-13(6-11-18-5)15-12-14(2,3)17-9-7-16(4)8-10-17/h13,15H,6-12H2,1-5H3. The Morgan fingerprint density at radius 2 is 1.83 bits per heavy atom. The third-order valence-electron chi connectivity index (χ3n) is 4.00. The summed E-state index contributed by atoms with van der Waals surface area (Å²) in [5.74, 6) is 0. The fraction of sp³-hybridized carbons (Fsp3) is 1.00. The van der Waals surface area contributed by atoms with Crippen LogP contribution in [0.1, 0.15) is 27.2 Å². The van der Waals surface area contributed by atoms with E-state index in [1.165, 1.54) is 26.2 Å². The van der Waals surface area contributed by atoms with Crippen molar-refractivity contribution in [2.24, 2.45) is 0 Å². The summed E-state index contributed by atoms with van der Waals surface area (Å²) in [6.45, 7) is 13.5. The Balaban J connectivity index is 2.30. The van der Waals surface area contributed by atoms with Gasteiger partial charge in [0, 0.05) is 58.0 Å². The van der Waals surface area contributed by atoms with E-state index in [0.29, 0.717) is 6.04 Å². The van der Waals surface area contributed by atoms with Crippen molar-refractivity contribution in [1.82, 2.24) is 15.1 Å². The smallest absolute Gasteiger partial charge is 0.0476 e. The van der Waals surface area contributed by atoms with E-state index in [9.17, 15) is 0 Å². The van der Waals surface area contributed by atoms with E-state index in [0.717, 1.165) is 19.6 Å². The number of methoxy groups -OCH3 is 1. The van der Waals surface area contributed by atoms with Gasteiger partial charge in [-0.05, 0) is 34.2 Å². The molecule has 0 amide bonds. The normalized spacial score (nSPS) is 21.2. The predicted molar refractivity (Wildman–Crippen MR) is 77.1 cm³/mol. The molecule has 1 unspecified atom stereocenters. The van der Waals surface area contributed by atoms with Gasteiger partial charge in [-0.3, -0.25) is 4.90 Å². The lowest BCUT2D eigenvalue weighted by Crippen LogP contribution is -2.58. The number of nitrogens with zero attached hydrogens (tertiary/aromatic N) is 2. The molecule has 108 valence electrons. The molecule has 0 spiro atoms. The van der Waals surface area contributed by atoms with Crippen LogP contribution in [0.15, 0.2) is 0 Å². The highest BCUT2D eigenvalue weighted by Crippen LogP contribution is 2.16. The second-order valence-electron chi connectivity index (χ2n) is 6.17. The zero-order valence-corrected chi connectivity index (χ0v) is 12.8. The summed E-state index contributed by atoms with van der Waals surface area (Å²) in [6.07, 6.45) is 1.08. The lowest BCUT2D eigenvalue weighted by molar-refractivity contribution is 0.0596. The van der Waals surface area contributed by atoms with Gasteiger partial charge in [0.2, 0.25) is 0 Å². The van der Waals surface area contributed by atoms with Crippen molar-refractivity contribution < 1.29 is 4.74 Å². The third kappa shape index (κ3) is 5.22. The Morgan fingerprint density at radius 1 is 1.22 bits per heavy atom. The van der Waals surface area contributed by atoms with Gasteiger partial charge in [0.25, 0.3) is 0 Å². The lowest BCUT2D eigenvalue weighted by atomic mass is 10.0. The molecule has 1 aliphatic heterocycles. The molecule has 0 aromatic rings. The summed E-state index contributed by atoms with van der Waals surface area (Å²) < 4.78 is 5.12. The summed E-state index contributed by atoms with van der Waals surface area (Å²) in [5, 5.41) is 3.63. The van der Waals surface area contributed by atoms with Crippen molar-refractivity contribution in [2.45, 2.75) is 38.8 Å². The number of hydrogen-bond acceptors (Lipinski definition) is 4. The maximum Gasteiger partial charge on any atom is 0.0476 e. The third-order valence-corrected chi connectivity index (χ3v) is 4.00. The first kappa shape index (κ1) is 15.9. The molecule has 1 rings (SSSR count). The van der Waals surface area contributed by atoms with Crippen LogP contribution in [-0.4, -0.2) is 74.9 Å². The molecule has 1 heterocycles. The first-order chi connectivity index (χ1) is 8.45. The quantitative estimate of drug-likeness (QED) is 0.737. The van der Waals surface area contributed by atoms with E-state index >= 15 is 0 Å². The fourth-order valence-electron chi connectivity index (χ4n) is 2.34. The van der Waals surface area contributed by atoms with Gasteiger partial charge in [-0.25, -0.2) is 0 Å². The maximum atomic E-state index is 5.12. The molecule has 0 radical (unpaired) electrons. The second kappa shape index (κ2) is 7.43. The van der Waals surface area contributed by atoms with Crippen molar-refractivity contribution in [2.75, 3.05) is 53.5 Å². The Morgan fingerprint density at radius 3 is 2.39 bits per heavy atom. The minimum atomic E-state index is 0.239. The SMILES string of the molecule is COCCC(C)NCC(C)(C)N1CCN(C)CC1. The zero-order valence-electron chi connectivity index (χ0n) is 12.8. The van der Waals surface area contributed by atoms with E-state index in [2.05, 4.69) is 42.9 Å². The number of piperazine rings is 1. The molecule has 1 aliphatic rings. The highest BCUT2D eigenvalue weighted by atomic mass is 16.5. The van der Waals surface area contributed by atoms with Crippen LogP contribution in [0.25, 0.3) is 0 Å². The van der Waals surface area contributed by atoms with E-state index in [4.69, 9.17) is 4.74 Å². The number of hydrogen-bond donors (Lipinski definition) is 1. The van der Waals surface area contributed by atoms with E-state index in [1.807, 2.05) is 0 Å². The van der Waals surface area contributed by atoms with Gasteiger partial charge in [0.15, 0.2) is 0 Å². The van der Waals surface area contributed by atoms with Crippen LogP contribution in [0.5, 0.6) is 0 Å². The molecule has 1 N–H and O–H groups in total. The van der Waals surface area contributed by atoms with E-state index in [-0.39, 0.29) is 5.54 Å². The number of likely N-dealkylation sites (N-methyl/N-ethyl adjacent to an activating group) is 1. The highest BCUT2D eigenvalue weighted by molar-refractivity contribution is 4.87.